The fourth-order valence-electron chi connectivity index (χ4n) is 1.86. The second kappa shape index (κ2) is 7.28. The molecule has 4 nitrogen and oxygen atoms in total. The van der Waals surface area contributed by atoms with Crippen molar-refractivity contribution >= 4 is 27.8 Å². The monoisotopic (exact) mass is 327 g/mol. The fraction of sp³-hybridized carbons (Fsp3) is 0.429. The van der Waals surface area contributed by atoms with Crippen LogP contribution in [0.1, 0.15) is 42.1 Å². The standard InChI is InChI=1S/C14H18BrNO3/c1-3-4-10(8-13(17)18)16-14(19)11-7-9(2)5-6-12(11)15/h5-7,10H,3-4,8H2,1-2H3,(H,16,19)(H,17,18). The van der Waals surface area contributed by atoms with E-state index in [1.54, 1.807) is 6.07 Å². The van der Waals surface area contributed by atoms with Crippen LogP contribution in [0.2, 0.25) is 0 Å². The van der Waals surface area contributed by atoms with Crippen LogP contribution in [-0.2, 0) is 4.79 Å². The van der Waals surface area contributed by atoms with E-state index in [4.69, 9.17) is 5.11 Å². The molecule has 0 aromatic heterocycles. The fourth-order valence-corrected chi connectivity index (χ4v) is 2.29. The normalized spacial score (nSPS) is 11.9. The number of carbonyl (C=O) groups excluding carboxylic acids is 1. The summed E-state index contributed by atoms with van der Waals surface area (Å²) in [6.07, 6.45) is 1.43. The smallest absolute Gasteiger partial charge is 0.305 e. The first-order valence-corrected chi connectivity index (χ1v) is 7.02. The molecule has 1 rings (SSSR count). The van der Waals surface area contributed by atoms with Gasteiger partial charge in [-0.2, -0.15) is 0 Å². The molecule has 19 heavy (non-hydrogen) atoms. The van der Waals surface area contributed by atoms with Gasteiger partial charge in [-0.25, -0.2) is 0 Å². The van der Waals surface area contributed by atoms with Crippen molar-refractivity contribution in [2.75, 3.05) is 0 Å². The molecule has 1 amide bonds. The van der Waals surface area contributed by atoms with Crippen LogP contribution < -0.4 is 5.32 Å². The zero-order valence-electron chi connectivity index (χ0n) is 11.1. The van der Waals surface area contributed by atoms with Crippen LogP contribution in [0.15, 0.2) is 22.7 Å². The van der Waals surface area contributed by atoms with Gasteiger partial charge in [0.05, 0.1) is 12.0 Å². The molecular weight excluding hydrogens is 310 g/mol. The summed E-state index contributed by atoms with van der Waals surface area (Å²) < 4.78 is 0.709. The average Bonchev–Trinajstić information content (AvgIpc) is 2.31. The maximum absolute atomic E-state index is 12.2. The zero-order chi connectivity index (χ0) is 14.4. The summed E-state index contributed by atoms with van der Waals surface area (Å²) in [4.78, 5) is 22.9. The molecule has 0 radical (unpaired) electrons. The molecule has 0 saturated heterocycles. The Kier molecular flexibility index (Phi) is 6.02. The van der Waals surface area contributed by atoms with E-state index in [2.05, 4.69) is 21.2 Å². The summed E-state index contributed by atoms with van der Waals surface area (Å²) in [6, 6.07) is 5.17. The van der Waals surface area contributed by atoms with Crippen molar-refractivity contribution in [2.24, 2.45) is 0 Å². The van der Waals surface area contributed by atoms with E-state index >= 15 is 0 Å². The van der Waals surface area contributed by atoms with Gasteiger partial charge in [0.15, 0.2) is 0 Å². The van der Waals surface area contributed by atoms with Crippen LogP contribution in [0.25, 0.3) is 0 Å². The van der Waals surface area contributed by atoms with E-state index in [0.29, 0.717) is 16.5 Å². The molecule has 2 N–H and O–H groups in total. The van der Waals surface area contributed by atoms with Gasteiger partial charge in [-0.05, 0) is 41.4 Å². The summed E-state index contributed by atoms with van der Waals surface area (Å²) >= 11 is 3.33. The molecule has 0 bridgehead atoms. The van der Waals surface area contributed by atoms with E-state index < -0.39 is 5.97 Å². The number of nitrogens with one attached hydrogen (secondary N) is 1. The van der Waals surface area contributed by atoms with Crippen LogP contribution in [0.3, 0.4) is 0 Å². The van der Waals surface area contributed by atoms with E-state index in [0.717, 1.165) is 12.0 Å². The van der Waals surface area contributed by atoms with Crippen molar-refractivity contribution in [1.82, 2.24) is 5.32 Å². The molecule has 0 aliphatic carbocycles. The first-order valence-electron chi connectivity index (χ1n) is 6.22. The van der Waals surface area contributed by atoms with Gasteiger partial charge in [0.25, 0.3) is 5.91 Å². The lowest BCUT2D eigenvalue weighted by atomic mass is 10.1. The third-order valence-electron chi connectivity index (χ3n) is 2.76. The van der Waals surface area contributed by atoms with Gasteiger partial charge in [0, 0.05) is 10.5 Å². The van der Waals surface area contributed by atoms with Gasteiger partial charge in [0.1, 0.15) is 0 Å². The Bertz CT molecular complexity index is 474. The van der Waals surface area contributed by atoms with E-state index in [1.807, 2.05) is 26.0 Å². The summed E-state index contributed by atoms with van der Waals surface area (Å²) in [5.74, 6) is -1.14. The number of carboxylic acid groups (broad SMARTS) is 1. The van der Waals surface area contributed by atoms with Gasteiger partial charge >= 0.3 is 5.97 Å². The molecule has 1 atom stereocenters. The van der Waals surface area contributed by atoms with Crippen molar-refractivity contribution in [3.8, 4) is 0 Å². The second-order valence-corrected chi connectivity index (χ2v) is 5.39. The lowest BCUT2D eigenvalue weighted by Gasteiger charge is -2.16. The average molecular weight is 328 g/mol. The van der Waals surface area contributed by atoms with Gasteiger partial charge in [0.2, 0.25) is 0 Å². The van der Waals surface area contributed by atoms with E-state index in [-0.39, 0.29) is 18.4 Å². The number of amides is 1. The highest BCUT2D eigenvalue weighted by atomic mass is 79.9. The van der Waals surface area contributed by atoms with Crippen molar-refractivity contribution in [3.63, 3.8) is 0 Å². The van der Waals surface area contributed by atoms with Crippen molar-refractivity contribution in [1.29, 1.82) is 0 Å². The lowest BCUT2D eigenvalue weighted by molar-refractivity contribution is -0.137. The summed E-state index contributed by atoms with van der Waals surface area (Å²) in [5, 5.41) is 11.6. The predicted octanol–water partition coefficient (Wildman–Crippen LogP) is 3.13. The molecule has 0 saturated carbocycles. The third-order valence-corrected chi connectivity index (χ3v) is 3.45. The summed E-state index contributed by atoms with van der Waals surface area (Å²) in [5.41, 5.74) is 1.52. The lowest BCUT2D eigenvalue weighted by Crippen LogP contribution is -2.36. The molecule has 0 spiro atoms. The predicted molar refractivity (Wildman–Crippen MR) is 77.3 cm³/mol. The van der Waals surface area contributed by atoms with Gasteiger partial charge in [-0.15, -0.1) is 0 Å². The summed E-state index contributed by atoms with van der Waals surface area (Å²) in [7, 11) is 0. The van der Waals surface area contributed by atoms with Gasteiger partial charge in [-0.1, -0.05) is 25.0 Å². The minimum atomic E-state index is -0.901. The van der Waals surface area contributed by atoms with Crippen LogP contribution >= 0.6 is 15.9 Å². The molecule has 1 unspecified atom stereocenters. The van der Waals surface area contributed by atoms with E-state index in [1.165, 1.54) is 0 Å². The molecule has 1 aromatic carbocycles. The number of benzene rings is 1. The van der Waals surface area contributed by atoms with Crippen molar-refractivity contribution < 1.29 is 14.7 Å². The number of hydrogen-bond donors (Lipinski definition) is 2. The van der Waals surface area contributed by atoms with Crippen molar-refractivity contribution in [3.05, 3.63) is 33.8 Å². The number of aryl methyl sites for hydroxylation is 1. The van der Waals surface area contributed by atoms with Gasteiger partial charge < -0.3 is 10.4 Å². The topological polar surface area (TPSA) is 66.4 Å². The Morgan fingerprint density at radius 2 is 2.11 bits per heavy atom. The quantitative estimate of drug-likeness (QED) is 0.843. The number of halogens is 1. The molecular formula is C14H18BrNO3. The highest BCUT2D eigenvalue weighted by molar-refractivity contribution is 9.10. The highest BCUT2D eigenvalue weighted by Gasteiger charge is 2.17. The Morgan fingerprint density at radius 1 is 1.42 bits per heavy atom. The molecule has 5 heteroatoms. The Morgan fingerprint density at radius 3 is 2.68 bits per heavy atom. The number of aliphatic carboxylic acids is 1. The highest BCUT2D eigenvalue weighted by Crippen LogP contribution is 2.18. The molecule has 104 valence electrons. The number of carbonyl (C=O) groups is 2. The number of hydrogen-bond acceptors (Lipinski definition) is 2. The van der Waals surface area contributed by atoms with Crippen LogP contribution in [0.4, 0.5) is 0 Å². The molecule has 0 fully saturated rings. The third kappa shape index (κ3) is 5.03. The first kappa shape index (κ1) is 15.7. The van der Waals surface area contributed by atoms with Crippen LogP contribution in [-0.4, -0.2) is 23.0 Å². The molecule has 0 heterocycles. The number of rotatable bonds is 6. The first-order chi connectivity index (χ1) is 8.93. The Balaban J connectivity index is 2.81. The summed E-state index contributed by atoms with van der Waals surface area (Å²) in [6.45, 7) is 3.87. The minimum Gasteiger partial charge on any atom is -0.481 e. The SMILES string of the molecule is CCCC(CC(=O)O)NC(=O)c1cc(C)ccc1Br. The zero-order valence-corrected chi connectivity index (χ0v) is 12.7. The minimum absolute atomic E-state index is 0.0526. The maximum atomic E-state index is 12.2. The Labute approximate surface area is 121 Å². The molecule has 0 aliphatic heterocycles. The number of carboxylic acids is 1. The Hall–Kier alpha value is -1.36. The van der Waals surface area contributed by atoms with Gasteiger partial charge in [-0.3, -0.25) is 9.59 Å². The maximum Gasteiger partial charge on any atom is 0.305 e. The largest absolute Gasteiger partial charge is 0.481 e. The van der Waals surface area contributed by atoms with Crippen molar-refractivity contribution in [2.45, 2.75) is 39.2 Å². The molecule has 0 aliphatic rings. The van der Waals surface area contributed by atoms with E-state index in [9.17, 15) is 9.59 Å². The molecule has 1 aromatic rings. The van der Waals surface area contributed by atoms with Crippen LogP contribution in [0, 0.1) is 6.92 Å². The van der Waals surface area contributed by atoms with Crippen LogP contribution in [0.5, 0.6) is 0 Å². The second-order valence-electron chi connectivity index (χ2n) is 4.54.